The molecule has 0 radical (unpaired) electrons. The molecule has 0 unspecified atom stereocenters. The molecule has 0 amide bonds. The summed E-state index contributed by atoms with van der Waals surface area (Å²) in [6, 6.07) is 29.6. The molecule has 3 aromatic carbocycles. The lowest BCUT2D eigenvalue weighted by molar-refractivity contribution is 0.601. The summed E-state index contributed by atoms with van der Waals surface area (Å²) in [6.07, 6.45) is 1.91. The van der Waals surface area contributed by atoms with Crippen LogP contribution in [0.25, 0.3) is 28.0 Å². The molecule has 2 aromatic heterocycles. The number of hydrogen-bond acceptors (Lipinski definition) is 4. The van der Waals surface area contributed by atoms with Gasteiger partial charge in [0, 0.05) is 22.8 Å². The number of nitrogens with one attached hydrogen (secondary N) is 1. The van der Waals surface area contributed by atoms with E-state index in [4.69, 9.17) is 0 Å². The van der Waals surface area contributed by atoms with Gasteiger partial charge in [0.1, 0.15) is 0 Å². The lowest BCUT2D eigenvalue weighted by atomic mass is 10.1. The molecule has 31 heavy (non-hydrogen) atoms. The zero-order valence-electron chi connectivity index (χ0n) is 16.4. The fourth-order valence-corrected chi connectivity index (χ4v) is 4.42. The van der Waals surface area contributed by atoms with Crippen molar-refractivity contribution in [2.75, 3.05) is 4.72 Å². The Hall–Kier alpha value is -3.97. The maximum Gasteiger partial charge on any atom is 0.264 e. The number of para-hydroxylation sites is 1. The van der Waals surface area contributed by atoms with E-state index in [1.165, 1.54) is 12.1 Å². The third kappa shape index (κ3) is 3.67. The van der Waals surface area contributed by atoms with Gasteiger partial charge in [0.25, 0.3) is 10.0 Å². The highest BCUT2D eigenvalue weighted by molar-refractivity contribution is 7.92. The van der Waals surface area contributed by atoms with Crippen molar-refractivity contribution in [2.24, 2.45) is 0 Å². The van der Waals surface area contributed by atoms with E-state index < -0.39 is 10.0 Å². The minimum Gasteiger partial charge on any atom is -0.301 e. The molecular formula is C24H18N4O2S. The maximum atomic E-state index is 12.9. The van der Waals surface area contributed by atoms with Gasteiger partial charge in [0.15, 0.2) is 5.65 Å². The summed E-state index contributed by atoms with van der Waals surface area (Å²) >= 11 is 0. The van der Waals surface area contributed by atoms with Crippen LogP contribution in [0.5, 0.6) is 0 Å². The molecule has 0 saturated carbocycles. The van der Waals surface area contributed by atoms with E-state index in [1.54, 1.807) is 18.2 Å². The van der Waals surface area contributed by atoms with Gasteiger partial charge >= 0.3 is 0 Å². The van der Waals surface area contributed by atoms with Crippen LogP contribution >= 0.6 is 0 Å². The van der Waals surface area contributed by atoms with E-state index in [1.807, 2.05) is 77.5 Å². The highest BCUT2D eigenvalue weighted by Gasteiger charge is 2.19. The minimum atomic E-state index is -3.83. The summed E-state index contributed by atoms with van der Waals surface area (Å²) in [5, 5.41) is 0.831. The van der Waals surface area contributed by atoms with Crippen molar-refractivity contribution in [1.29, 1.82) is 0 Å². The van der Waals surface area contributed by atoms with Gasteiger partial charge in [-0.3, -0.25) is 0 Å². The predicted octanol–water partition coefficient (Wildman–Crippen LogP) is 4.89. The van der Waals surface area contributed by atoms with Crippen LogP contribution in [0.1, 0.15) is 0 Å². The van der Waals surface area contributed by atoms with Crippen molar-refractivity contribution in [3.05, 3.63) is 103 Å². The third-order valence-corrected chi connectivity index (χ3v) is 6.25. The first kappa shape index (κ1) is 19.0. The molecule has 0 bridgehead atoms. The predicted molar refractivity (Wildman–Crippen MR) is 122 cm³/mol. The van der Waals surface area contributed by atoms with E-state index in [0.717, 1.165) is 16.6 Å². The standard InChI is InChI=1S/C24H18N4O2S/c29-31(30,20-14-8-3-9-15-20)27-24-25-22(18-10-4-1-5-11-18)21-16-17-28(23(21)26-24)19-12-6-2-7-13-19/h1-17H,(H,25,26,27). The van der Waals surface area contributed by atoms with E-state index in [0.29, 0.717) is 11.3 Å². The van der Waals surface area contributed by atoms with Crippen LogP contribution in [0.3, 0.4) is 0 Å². The van der Waals surface area contributed by atoms with Crippen molar-refractivity contribution < 1.29 is 8.42 Å². The first-order chi connectivity index (χ1) is 15.1. The van der Waals surface area contributed by atoms with E-state index >= 15 is 0 Å². The average molecular weight is 427 g/mol. The molecule has 0 spiro atoms. The summed E-state index contributed by atoms with van der Waals surface area (Å²) in [5.74, 6) is 0.0195. The zero-order chi connectivity index (χ0) is 21.3. The Morgan fingerprint density at radius 3 is 2.00 bits per heavy atom. The van der Waals surface area contributed by atoms with Gasteiger partial charge in [0.05, 0.1) is 10.6 Å². The van der Waals surface area contributed by atoms with Crippen LogP contribution < -0.4 is 4.72 Å². The molecule has 2 heterocycles. The molecule has 0 aliphatic heterocycles. The number of nitrogens with zero attached hydrogens (tertiary/aromatic N) is 3. The van der Waals surface area contributed by atoms with E-state index in [-0.39, 0.29) is 10.8 Å². The van der Waals surface area contributed by atoms with Crippen molar-refractivity contribution >= 4 is 27.0 Å². The molecule has 152 valence electrons. The second-order valence-electron chi connectivity index (χ2n) is 6.94. The van der Waals surface area contributed by atoms with Gasteiger partial charge in [-0.2, -0.15) is 4.98 Å². The van der Waals surface area contributed by atoms with Crippen LogP contribution in [-0.4, -0.2) is 23.0 Å². The summed E-state index contributed by atoms with van der Waals surface area (Å²) < 4.78 is 30.2. The second kappa shape index (κ2) is 7.70. The number of fused-ring (bicyclic) bond motifs is 1. The summed E-state index contributed by atoms with van der Waals surface area (Å²) in [7, 11) is -3.83. The van der Waals surface area contributed by atoms with Crippen LogP contribution in [-0.2, 0) is 10.0 Å². The van der Waals surface area contributed by atoms with Gasteiger partial charge in [-0.05, 0) is 30.3 Å². The lowest BCUT2D eigenvalue weighted by Crippen LogP contribution is -2.15. The molecule has 7 heteroatoms. The van der Waals surface area contributed by atoms with E-state index in [9.17, 15) is 8.42 Å². The Morgan fingerprint density at radius 2 is 1.32 bits per heavy atom. The Balaban J connectivity index is 1.70. The topological polar surface area (TPSA) is 76.9 Å². The molecule has 0 saturated heterocycles. The van der Waals surface area contributed by atoms with Gasteiger partial charge in [0.2, 0.25) is 5.95 Å². The van der Waals surface area contributed by atoms with E-state index in [2.05, 4.69) is 14.7 Å². The van der Waals surface area contributed by atoms with Gasteiger partial charge < -0.3 is 4.57 Å². The highest BCUT2D eigenvalue weighted by atomic mass is 32.2. The number of sulfonamides is 1. The second-order valence-corrected chi connectivity index (χ2v) is 8.62. The largest absolute Gasteiger partial charge is 0.301 e. The normalized spacial score (nSPS) is 11.5. The van der Waals surface area contributed by atoms with Crippen LogP contribution in [0.4, 0.5) is 5.95 Å². The quantitative estimate of drug-likeness (QED) is 0.434. The third-order valence-electron chi connectivity index (χ3n) is 4.90. The molecule has 6 nitrogen and oxygen atoms in total. The number of rotatable bonds is 5. The Labute approximate surface area is 179 Å². The Kier molecular flexibility index (Phi) is 4.72. The van der Waals surface area contributed by atoms with Gasteiger partial charge in [-0.15, -0.1) is 0 Å². The van der Waals surface area contributed by atoms with Crippen molar-refractivity contribution in [3.63, 3.8) is 0 Å². The van der Waals surface area contributed by atoms with Crippen LogP contribution in [0, 0.1) is 0 Å². The summed E-state index contributed by atoms with van der Waals surface area (Å²) in [6.45, 7) is 0. The molecule has 0 fully saturated rings. The highest BCUT2D eigenvalue weighted by Crippen LogP contribution is 2.30. The van der Waals surface area contributed by atoms with Crippen molar-refractivity contribution in [2.45, 2.75) is 4.90 Å². The minimum absolute atomic E-state index is 0.0195. The number of aromatic nitrogens is 3. The molecule has 0 atom stereocenters. The Bertz CT molecular complexity index is 1450. The number of benzene rings is 3. The Morgan fingerprint density at radius 1 is 0.710 bits per heavy atom. The molecular weight excluding hydrogens is 408 g/mol. The lowest BCUT2D eigenvalue weighted by Gasteiger charge is -2.11. The first-order valence-electron chi connectivity index (χ1n) is 9.70. The maximum absolute atomic E-state index is 12.9. The number of anilines is 1. The molecule has 1 N–H and O–H groups in total. The molecule has 5 aromatic rings. The van der Waals surface area contributed by atoms with Gasteiger partial charge in [-0.1, -0.05) is 66.7 Å². The molecule has 0 aliphatic carbocycles. The van der Waals surface area contributed by atoms with Crippen LogP contribution in [0.15, 0.2) is 108 Å². The first-order valence-corrected chi connectivity index (χ1v) is 11.2. The SMILES string of the molecule is O=S(=O)(Nc1nc(-c2ccccc2)c2ccn(-c3ccccc3)c2n1)c1ccccc1. The van der Waals surface area contributed by atoms with Crippen molar-refractivity contribution in [1.82, 2.24) is 14.5 Å². The van der Waals surface area contributed by atoms with Crippen LogP contribution in [0.2, 0.25) is 0 Å². The average Bonchev–Trinajstić information content (AvgIpc) is 3.24. The monoisotopic (exact) mass is 426 g/mol. The summed E-state index contributed by atoms with van der Waals surface area (Å²) in [4.78, 5) is 9.30. The molecule has 0 aliphatic rings. The smallest absolute Gasteiger partial charge is 0.264 e. The zero-order valence-corrected chi connectivity index (χ0v) is 17.2. The van der Waals surface area contributed by atoms with Gasteiger partial charge in [-0.25, -0.2) is 18.1 Å². The number of hydrogen-bond donors (Lipinski definition) is 1. The fraction of sp³-hybridized carbons (Fsp3) is 0. The fourth-order valence-electron chi connectivity index (χ4n) is 3.45. The molecule has 5 rings (SSSR count). The summed E-state index contributed by atoms with van der Waals surface area (Å²) in [5.41, 5.74) is 3.07. The van der Waals surface area contributed by atoms with Crippen molar-refractivity contribution in [3.8, 4) is 16.9 Å².